The highest BCUT2D eigenvalue weighted by Gasteiger charge is 2.13. The Labute approximate surface area is 142 Å². The molecule has 9 nitrogen and oxygen atoms in total. The zero-order chi connectivity index (χ0) is 17.5. The minimum atomic E-state index is -0.758. The van der Waals surface area contributed by atoms with Crippen LogP contribution in [0.3, 0.4) is 0 Å². The smallest absolute Gasteiger partial charge is 0.413 e. The molecule has 0 aliphatic heterocycles. The van der Waals surface area contributed by atoms with E-state index in [0.717, 1.165) is 5.56 Å². The lowest BCUT2D eigenvalue weighted by Gasteiger charge is -2.13. The van der Waals surface area contributed by atoms with Crippen LogP contribution in [0.5, 0.6) is 0 Å². The van der Waals surface area contributed by atoms with E-state index in [2.05, 4.69) is 30.7 Å². The number of thiocarbonyl (C=S) groups is 1. The van der Waals surface area contributed by atoms with E-state index in [1.807, 2.05) is 30.3 Å². The Bertz CT molecular complexity index is 793. The highest BCUT2D eigenvalue weighted by molar-refractivity contribution is 7.80. The summed E-state index contributed by atoms with van der Waals surface area (Å²) in [6, 6.07) is 9.52. The number of nitrogen functional groups attached to an aromatic ring is 1. The van der Waals surface area contributed by atoms with Gasteiger partial charge < -0.3 is 21.1 Å². The number of amides is 1. The molecule has 0 aliphatic rings. The number of aromatic nitrogens is 2. The number of nitrogens with two attached hydrogens (primary N) is 1. The summed E-state index contributed by atoms with van der Waals surface area (Å²) in [7, 11) is 1.20. The van der Waals surface area contributed by atoms with Crippen molar-refractivity contribution in [1.29, 1.82) is 0 Å². The summed E-state index contributed by atoms with van der Waals surface area (Å²) in [6.07, 6.45) is -0.758. The van der Waals surface area contributed by atoms with Gasteiger partial charge in [0.1, 0.15) is 5.69 Å². The molecule has 24 heavy (non-hydrogen) atoms. The maximum absolute atomic E-state index is 12.1. The molecule has 0 saturated carbocycles. The molecule has 6 N–H and O–H groups in total. The number of methoxy groups -OCH3 is 1. The van der Waals surface area contributed by atoms with E-state index in [1.54, 1.807) is 0 Å². The van der Waals surface area contributed by atoms with Crippen molar-refractivity contribution in [3.05, 3.63) is 46.2 Å². The minimum Gasteiger partial charge on any atom is -0.453 e. The summed E-state index contributed by atoms with van der Waals surface area (Å²) in [6.45, 7) is 0.419. The lowest BCUT2D eigenvalue weighted by molar-refractivity contribution is 0.177. The number of nitrogens with zero attached hydrogens (tertiary/aromatic N) is 1. The molecule has 2 aromatic rings. The van der Waals surface area contributed by atoms with Crippen LogP contribution in [0.2, 0.25) is 0 Å². The normalized spacial score (nSPS) is 9.88. The van der Waals surface area contributed by atoms with Gasteiger partial charge in [-0.1, -0.05) is 30.3 Å². The molecule has 1 amide bonds. The van der Waals surface area contributed by atoms with Crippen LogP contribution >= 0.6 is 12.2 Å². The van der Waals surface area contributed by atoms with Gasteiger partial charge in [0.25, 0.3) is 5.56 Å². The highest BCUT2D eigenvalue weighted by atomic mass is 32.1. The van der Waals surface area contributed by atoms with Crippen LogP contribution in [0.4, 0.5) is 22.2 Å². The maximum Gasteiger partial charge on any atom is 0.413 e. The van der Waals surface area contributed by atoms with Gasteiger partial charge in [-0.2, -0.15) is 4.98 Å². The van der Waals surface area contributed by atoms with Crippen molar-refractivity contribution < 1.29 is 9.53 Å². The molecule has 0 saturated heterocycles. The summed E-state index contributed by atoms with van der Waals surface area (Å²) in [4.78, 5) is 29.6. The van der Waals surface area contributed by atoms with E-state index in [9.17, 15) is 9.59 Å². The standard InChI is InChI=1S/C14H16N6O3S/c1-23-14(22)20-13(24)17-9-10(18-12(15)19-11(9)21)16-7-8-5-3-2-4-6-8/h2-6H,7H2,1H3,(H2,17,20,22,24)(H4,15,16,18,19,21). The van der Waals surface area contributed by atoms with Gasteiger partial charge in [0.15, 0.2) is 10.9 Å². The number of carbonyl (C=O) groups is 1. The number of H-pyrrole nitrogens is 1. The van der Waals surface area contributed by atoms with Gasteiger partial charge in [-0.05, 0) is 17.8 Å². The van der Waals surface area contributed by atoms with Crippen molar-refractivity contribution in [3.63, 3.8) is 0 Å². The van der Waals surface area contributed by atoms with E-state index in [1.165, 1.54) is 7.11 Å². The molecule has 0 unspecified atom stereocenters. The number of nitrogens with one attached hydrogen (secondary N) is 4. The lowest BCUT2D eigenvalue weighted by atomic mass is 10.2. The molecule has 2 rings (SSSR count). The molecule has 0 radical (unpaired) electrons. The number of alkyl carbamates (subject to hydrolysis) is 1. The molecular formula is C14H16N6O3S. The number of ether oxygens (including phenoxy) is 1. The Morgan fingerprint density at radius 3 is 2.75 bits per heavy atom. The summed E-state index contributed by atoms with van der Waals surface area (Å²) in [5.41, 5.74) is 6.05. The predicted molar refractivity (Wildman–Crippen MR) is 94.8 cm³/mol. The summed E-state index contributed by atoms with van der Waals surface area (Å²) < 4.78 is 4.43. The molecule has 0 spiro atoms. The van der Waals surface area contributed by atoms with E-state index in [-0.39, 0.29) is 22.6 Å². The Hall–Kier alpha value is -3.14. The third-order valence-corrected chi connectivity index (χ3v) is 3.08. The fourth-order valence-electron chi connectivity index (χ4n) is 1.80. The van der Waals surface area contributed by atoms with Gasteiger partial charge in [-0.3, -0.25) is 15.1 Å². The first-order chi connectivity index (χ1) is 11.5. The van der Waals surface area contributed by atoms with Crippen LogP contribution in [0, 0.1) is 0 Å². The third kappa shape index (κ3) is 4.68. The zero-order valence-corrected chi connectivity index (χ0v) is 13.6. The lowest BCUT2D eigenvalue weighted by Crippen LogP contribution is -2.36. The van der Waals surface area contributed by atoms with E-state index in [0.29, 0.717) is 6.54 Å². The zero-order valence-electron chi connectivity index (χ0n) is 12.8. The first-order valence-corrected chi connectivity index (χ1v) is 7.24. The van der Waals surface area contributed by atoms with Crippen molar-refractivity contribution >= 4 is 40.9 Å². The topological polar surface area (TPSA) is 134 Å². The molecule has 0 fully saturated rings. The van der Waals surface area contributed by atoms with Crippen LogP contribution in [-0.2, 0) is 11.3 Å². The van der Waals surface area contributed by atoms with E-state index in [4.69, 9.17) is 18.0 Å². The molecule has 0 bridgehead atoms. The van der Waals surface area contributed by atoms with Crippen LogP contribution in [0.15, 0.2) is 35.1 Å². The molecule has 126 valence electrons. The number of rotatable bonds is 4. The number of hydrogen-bond donors (Lipinski definition) is 5. The highest BCUT2D eigenvalue weighted by Crippen LogP contribution is 2.15. The second-order valence-corrected chi connectivity index (χ2v) is 4.99. The molecule has 1 aromatic heterocycles. The van der Waals surface area contributed by atoms with Crippen molar-refractivity contribution in [2.75, 3.05) is 23.5 Å². The predicted octanol–water partition coefficient (Wildman–Crippen LogP) is 1.02. The largest absolute Gasteiger partial charge is 0.453 e. The van der Waals surface area contributed by atoms with E-state index < -0.39 is 11.7 Å². The number of anilines is 3. The van der Waals surface area contributed by atoms with Crippen LogP contribution in [0.1, 0.15) is 5.56 Å². The minimum absolute atomic E-state index is 0.0292. The number of carbonyl (C=O) groups excluding carboxylic acids is 1. The van der Waals surface area contributed by atoms with Crippen molar-refractivity contribution in [2.45, 2.75) is 6.54 Å². The molecular weight excluding hydrogens is 332 g/mol. The van der Waals surface area contributed by atoms with Gasteiger partial charge in [0.2, 0.25) is 5.95 Å². The monoisotopic (exact) mass is 348 g/mol. The van der Waals surface area contributed by atoms with Crippen LogP contribution < -0.4 is 27.2 Å². The molecule has 1 heterocycles. The molecule has 0 aliphatic carbocycles. The second kappa shape index (κ2) is 7.92. The van der Waals surface area contributed by atoms with Crippen molar-refractivity contribution in [1.82, 2.24) is 15.3 Å². The summed E-state index contributed by atoms with van der Waals surface area (Å²) >= 11 is 4.95. The van der Waals surface area contributed by atoms with Crippen molar-refractivity contribution in [3.8, 4) is 0 Å². The van der Waals surface area contributed by atoms with Crippen molar-refractivity contribution in [2.24, 2.45) is 0 Å². The van der Waals surface area contributed by atoms with Gasteiger partial charge in [0, 0.05) is 6.54 Å². The molecule has 0 atom stereocenters. The maximum atomic E-state index is 12.1. The van der Waals surface area contributed by atoms with Gasteiger partial charge in [-0.15, -0.1) is 0 Å². The number of hydrogen-bond acceptors (Lipinski definition) is 7. The summed E-state index contributed by atoms with van der Waals surface area (Å²) in [5, 5.41) is 7.74. The van der Waals surface area contributed by atoms with Gasteiger partial charge in [0.05, 0.1) is 7.11 Å². The average molecular weight is 348 g/mol. The van der Waals surface area contributed by atoms with Crippen LogP contribution in [0.25, 0.3) is 0 Å². The Morgan fingerprint density at radius 2 is 2.08 bits per heavy atom. The Morgan fingerprint density at radius 1 is 1.38 bits per heavy atom. The Kier molecular flexibility index (Phi) is 5.68. The first-order valence-electron chi connectivity index (χ1n) is 6.83. The number of benzene rings is 1. The average Bonchev–Trinajstić information content (AvgIpc) is 2.56. The fraction of sp³-hybridized carbons (Fsp3) is 0.143. The quantitative estimate of drug-likeness (QED) is 0.517. The van der Waals surface area contributed by atoms with E-state index >= 15 is 0 Å². The second-order valence-electron chi connectivity index (χ2n) is 4.58. The van der Waals surface area contributed by atoms with Crippen LogP contribution in [-0.4, -0.2) is 28.3 Å². The third-order valence-electron chi connectivity index (χ3n) is 2.88. The fourth-order valence-corrected chi connectivity index (χ4v) is 1.99. The first kappa shape index (κ1) is 17.2. The summed E-state index contributed by atoms with van der Waals surface area (Å²) in [5.74, 6) is 0.155. The molecule has 10 heteroatoms. The van der Waals surface area contributed by atoms with Gasteiger partial charge in [-0.25, -0.2) is 4.79 Å². The number of aromatic amines is 1. The van der Waals surface area contributed by atoms with Gasteiger partial charge >= 0.3 is 6.09 Å². The molecule has 1 aromatic carbocycles. The SMILES string of the molecule is COC(=O)NC(=S)Nc1c(NCc2ccccc2)nc(N)[nH]c1=O. The Balaban J connectivity index is 2.19.